The van der Waals surface area contributed by atoms with Crippen LogP contribution in [0.1, 0.15) is 22.0 Å². The van der Waals surface area contributed by atoms with Gasteiger partial charge in [-0.25, -0.2) is 0 Å². The summed E-state index contributed by atoms with van der Waals surface area (Å²) in [5, 5.41) is 4.07. The number of hydrogen-bond donors (Lipinski definition) is 0. The molecule has 0 aliphatic heterocycles. The molecule has 1 aromatic heterocycles. The Labute approximate surface area is 293 Å². The van der Waals surface area contributed by atoms with Crippen molar-refractivity contribution in [3.63, 3.8) is 0 Å². The van der Waals surface area contributed by atoms with Gasteiger partial charge in [-0.15, -0.1) is 11.5 Å². The quantitative estimate of drug-likeness (QED) is 0.105. The van der Waals surface area contributed by atoms with Gasteiger partial charge in [-0.2, -0.15) is 0 Å². The molecule has 2 aliphatic carbocycles. The van der Waals surface area contributed by atoms with Crippen LogP contribution in [0.5, 0.6) is 0 Å². The number of aromatic nitrogens is 1. The van der Waals surface area contributed by atoms with E-state index in [1.165, 1.54) is 22.0 Å². The van der Waals surface area contributed by atoms with Crippen LogP contribution in [0, 0.1) is 0 Å². The average Bonchev–Trinajstić information content (AvgIpc) is 3.53. The number of allylic oxidation sites excluding steroid dienone is 6. The minimum Gasteiger partial charge on any atom is -0.257 e. The van der Waals surface area contributed by atoms with Crippen LogP contribution in [0.2, 0.25) is 118 Å². The lowest BCUT2D eigenvalue weighted by Crippen LogP contribution is -2.54. The Morgan fingerprint density at radius 2 is 0.783 bits per heavy atom. The number of rotatable bonds is 14. The lowest BCUT2D eigenvalue weighted by molar-refractivity contribution is 1.02. The average molecular weight is 756 g/mol. The molecule has 254 valence electrons. The van der Waals surface area contributed by atoms with Crippen molar-refractivity contribution in [1.29, 1.82) is 0 Å². The summed E-state index contributed by atoms with van der Waals surface area (Å²) in [4.78, 5) is 7.61. The molecule has 1 nitrogen and oxygen atoms in total. The lowest BCUT2D eigenvalue weighted by Gasteiger charge is -2.50. The second kappa shape index (κ2) is 14.2. The molecule has 0 amide bonds. The van der Waals surface area contributed by atoms with Gasteiger partial charge in [0.05, 0.1) is 16.1 Å². The highest BCUT2D eigenvalue weighted by atomic mass is 31.1. The van der Waals surface area contributed by atoms with Gasteiger partial charge in [0.25, 0.3) is 0 Å². The maximum Gasteiger partial charge on any atom is 0.0596 e. The van der Waals surface area contributed by atoms with E-state index in [0.29, 0.717) is 10.6 Å². The molecule has 0 aromatic carbocycles. The Kier molecular flexibility index (Phi) is 12.4. The summed E-state index contributed by atoms with van der Waals surface area (Å²) < 4.78 is 0. The molecule has 0 fully saturated rings. The predicted molar refractivity (Wildman–Crippen MR) is 233 cm³/mol. The van der Waals surface area contributed by atoms with Crippen LogP contribution in [0.4, 0.5) is 0 Å². The summed E-state index contributed by atoms with van der Waals surface area (Å²) in [6.45, 7) is 47.6. The molecule has 4 atom stereocenters. The van der Waals surface area contributed by atoms with Crippen LogP contribution in [0.3, 0.4) is 0 Å². The zero-order valence-electron chi connectivity index (χ0n) is 32.8. The van der Waals surface area contributed by atoms with Gasteiger partial charge >= 0.3 is 0 Å². The summed E-state index contributed by atoms with van der Waals surface area (Å²) in [5.74, 6) is 0. The van der Waals surface area contributed by atoms with E-state index in [1.54, 1.807) is 0 Å². The Hall–Kier alpha value is -0.169. The van der Waals surface area contributed by atoms with Crippen LogP contribution in [-0.4, -0.2) is 63.2 Å². The molecule has 0 saturated carbocycles. The molecule has 0 spiro atoms. The SMILES string of the molecule is C[Si](C)(C)C(c1cccc(C(P(C2=C=CC=C2)C([Si](C)(C)C)[Si](C)(C)C)[Si](C)(C)C)n1)P(C1=C=CC=C1)C([Si](C)(C)C)[Si](C)(C)C. The third-order valence-corrected chi connectivity index (χ3v) is 53.3. The molecule has 1 aromatic rings. The van der Waals surface area contributed by atoms with Gasteiger partial charge < -0.3 is 0 Å². The Morgan fingerprint density at radius 3 is 1.00 bits per heavy atom. The fraction of sp³-hybridized carbons (Fsp3) is 0.595. The van der Waals surface area contributed by atoms with Gasteiger partial charge in [-0.1, -0.05) is 152 Å². The van der Waals surface area contributed by atoms with E-state index in [1.807, 2.05) is 0 Å². The van der Waals surface area contributed by atoms with Gasteiger partial charge in [-0.3, -0.25) is 4.98 Å². The van der Waals surface area contributed by atoms with Gasteiger partial charge in [0.2, 0.25) is 0 Å². The van der Waals surface area contributed by atoms with Gasteiger partial charge in [0, 0.05) is 64.9 Å². The number of hydrogen-bond acceptors (Lipinski definition) is 1. The molecule has 3 rings (SSSR count). The Balaban J connectivity index is 2.39. The second-order valence-electron chi connectivity index (χ2n) is 20.2. The Bertz CT molecular complexity index is 1320. The first-order chi connectivity index (χ1) is 20.7. The summed E-state index contributed by atoms with van der Waals surface area (Å²) in [6.07, 6.45) is 13.7. The Morgan fingerprint density at radius 1 is 0.478 bits per heavy atom. The van der Waals surface area contributed by atoms with Crippen molar-refractivity contribution in [2.45, 2.75) is 138 Å². The monoisotopic (exact) mass is 755 g/mol. The fourth-order valence-electron chi connectivity index (χ4n) is 8.86. The zero-order chi connectivity index (χ0) is 35.3. The fourth-order valence-corrected chi connectivity index (χ4v) is 62.3. The molecule has 0 N–H and O–H groups in total. The minimum absolute atomic E-state index is 0.455. The lowest BCUT2D eigenvalue weighted by atomic mass is 10.3. The van der Waals surface area contributed by atoms with Gasteiger partial charge in [0.15, 0.2) is 0 Å². The maximum atomic E-state index is 6.00. The third-order valence-electron chi connectivity index (χ3n) is 9.11. The molecule has 0 bridgehead atoms. The molecule has 4 unspecified atom stereocenters. The minimum atomic E-state index is -1.72. The van der Waals surface area contributed by atoms with E-state index < -0.39 is 64.3 Å². The molecule has 0 saturated heterocycles. The smallest absolute Gasteiger partial charge is 0.0596 e. The van der Waals surface area contributed by atoms with Crippen molar-refractivity contribution < 1.29 is 0 Å². The highest BCUT2D eigenvalue weighted by Crippen LogP contribution is 2.69. The van der Waals surface area contributed by atoms with Crippen molar-refractivity contribution in [2.75, 3.05) is 0 Å². The molecule has 1 heterocycles. The summed E-state index contributed by atoms with van der Waals surface area (Å²) >= 11 is 0. The number of pyridine rings is 1. The molecular weight excluding hydrogens is 689 g/mol. The topological polar surface area (TPSA) is 12.9 Å². The summed E-state index contributed by atoms with van der Waals surface area (Å²) in [5.41, 5.74) is 10.4. The standard InChI is InChI=1S/C37H67NP2Si6/c1-41(2,3)34(39(30-24-19-20-25-30)36(43(7,8)9)44(10,11)12)32-28-23-29-33(38-32)35(42(4,5)6)40(31-26-21-22-27-31)37(45(13,14)15)46(16,17)18/h19-24,26,28-29,34-37H,1-18H3. The van der Waals surface area contributed by atoms with Crippen molar-refractivity contribution in [3.8, 4) is 0 Å². The summed E-state index contributed by atoms with van der Waals surface area (Å²) in [7, 11) is -10.4. The highest BCUT2D eigenvalue weighted by Gasteiger charge is 2.52. The molecule has 2 aliphatic rings. The molecule has 0 radical (unpaired) electrons. The highest BCUT2D eigenvalue weighted by molar-refractivity contribution is 7.72. The molecule has 9 heteroatoms. The van der Waals surface area contributed by atoms with Gasteiger partial charge in [-0.05, 0) is 46.2 Å². The van der Waals surface area contributed by atoms with Crippen LogP contribution in [0.25, 0.3) is 0 Å². The third kappa shape index (κ3) is 9.54. The first-order valence-corrected chi connectivity index (χ1v) is 41.9. The van der Waals surface area contributed by atoms with Crippen molar-refractivity contribution in [3.05, 3.63) is 88.1 Å². The first-order valence-electron chi connectivity index (χ1n) is 17.5. The van der Waals surface area contributed by atoms with Crippen LogP contribution < -0.4 is 0 Å². The van der Waals surface area contributed by atoms with Crippen molar-refractivity contribution in [1.82, 2.24) is 4.98 Å². The maximum absolute atomic E-state index is 6.00. The zero-order valence-corrected chi connectivity index (χ0v) is 40.6. The van der Waals surface area contributed by atoms with Crippen LogP contribution in [-0.2, 0) is 0 Å². The largest absolute Gasteiger partial charge is 0.257 e. The van der Waals surface area contributed by atoms with Crippen LogP contribution in [0.15, 0.2) is 76.7 Å². The normalized spacial score (nSPS) is 18.8. The predicted octanol–water partition coefficient (Wildman–Crippen LogP) is 13.3. The van der Waals surface area contributed by atoms with E-state index in [2.05, 4.69) is 184 Å². The number of nitrogens with zero attached hydrogens (tertiary/aromatic N) is 1. The van der Waals surface area contributed by atoms with Crippen LogP contribution >= 0.6 is 15.8 Å². The van der Waals surface area contributed by atoms with E-state index >= 15 is 0 Å². The van der Waals surface area contributed by atoms with Gasteiger partial charge in [0.1, 0.15) is 0 Å². The molecule has 46 heavy (non-hydrogen) atoms. The van der Waals surface area contributed by atoms with E-state index in [9.17, 15) is 0 Å². The van der Waals surface area contributed by atoms with E-state index in [-0.39, 0.29) is 0 Å². The van der Waals surface area contributed by atoms with E-state index in [0.717, 1.165) is 9.81 Å². The first kappa shape index (κ1) is 40.3. The van der Waals surface area contributed by atoms with Crippen molar-refractivity contribution >= 4 is 64.3 Å². The second-order valence-corrected chi connectivity index (χ2v) is 60.8. The molecular formula is C37H67NP2Si6. The summed E-state index contributed by atoms with van der Waals surface area (Å²) in [6, 6.07) is 7.31. The van der Waals surface area contributed by atoms with E-state index in [4.69, 9.17) is 4.98 Å². The van der Waals surface area contributed by atoms with Crippen molar-refractivity contribution in [2.24, 2.45) is 0 Å².